The maximum absolute atomic E-state index is 9.82. The second-order valence-corrected chi connectivity index (χ2v) is 1.32. The van der Waals surface area contributed by atoms with Crippen molar-refractivity contribution in [3.63, 3.8) is 0 Å². The highest BCUT2D eigenvalue weighted by Crippen LogP contribution is 1.69. The van der Waals surface area contributed by atoms with Gasteiger partial charge >= 0.3 is 5.97 Å². The van der Waals surface area contributed by atoms with E-state index in [2.05, 4.69) is 15.0 Å². The van der Waals surface area contributed by atoms with E-state index in [4.69, 9.17) is 0 Å². The molecule has 0 N–H and O–H groups in total. The zero-order valence-corrected chi connectivity index (χ0v) is 6.92. The van der Waals surface area contributed by atoms with Crippen LogP contribution in [0.3, 0.4) is 0 Å². The summed E-state index contributed by atoms with van der Waals surface area (Å²) in [6.07, 6.45) is 0. The zero-order valence-electron chi connectivity index (χ0n) is 6.92. The van der Waals surface area contributed by atoms with Crippen LogP contribution in [-0.4, -0.2) is 26.7 Å². The molecule has 0 spiro atoms. The summed E-state index contributed by atoms with van der Waals surface area (Å²) in [6.45, 7) is 3.65. The molecule has 0 unspecified atom stereocenters. The maximum atomic E-state index is 9.82. The molecule has 4 heteroatoms. The third kappa shape index (κ3) is 27.6. The molecule has 0 bridgehead atoms. The summed E-state index contributed by atoms with van der Waals surface area (Å²) in [7, 11) is 3.28. The van der Waals surface area contributed by atoms with E-state index in [1.165, 1.54) is 6.92 Å². The average molecular weight is 146 g/mol. The third-order valence-electron chi connectivity index (χ3n) is 0.548. The number of nitrogens with zero attached hydrogens (tertiary/aromatic N) is 2. The number of hydrogen-bond acceptors (Lipinski definition) is 4. The SMILES string of the molecule is CCOC(C)=O.CN=NC. The van der Waals surface area contributed by atoms with Crippen LogP contribution in [0.25, 0.3) is 0 Å². The number of carbonyl (C=O) groups is 1. The zero-order chi connectivity index (χ0) is 8.41. The summed E-state index contributed by atoms with van der Waals surface area (Å²) >= 11 is 0. The van der Waals surface area contributed by atoms with E-state index in [0.29, 0.717) is 6.61 Å². The van der Waals surface area contributed by atoms with E-state index in [0.717, 1.165) is 0 Å². The predicted molar refractivity (Wildman–Crippen MR) is 39.0 cm³/mol. The van der Waals surface area contributed by atoms with Gasteiger partial charge in [0.15, 0.2) is 0 Å². The standard InChI is InChI=1S/C4H8O2.C2H6N2/c1-3-6-4(2)5;1-3-4-2/h3H2,1-2H3;1-2H3. The molecule has 0 aromatic heterocycles. The van der Waals surface area contributed by atoms with Gasteiger partial charge in [0.1, 0.15) is 0 Å². The molecule has 0 aliphatic heterocycles. The fourth-order valence-corrected chi connectivity index (χ4v) is 0.203. The van der Waals surface area contributed by atoms with Crippen LogP contribution in [-0.2, 0) is 9.53 Å². The molecule has 10 heavy (non-hydrogen) atoms. The summed E-state index contributed by atoms with van der Waals surface area (Å²) < 4.78 is 4.40. The van der Waals surface area contributed by atoms with Gasteiger partial charge in [-0.3, -0.25) is 4.79 Å². The number of carbonyl (C=O) groups excluding carboxylic acids is 1. The van der Waals surface area contributed by atoms with Gasteiger partial charge in [0.2, 0.25) is 0 Å². The number of hydrogen-bond donors (Lipinski definition) is 0. The van der Waals surface area contributed by atoms with Crippen LogP contribution in [0.4, 0.5) is 0 Å². The van der Waals surface area contributed by atoms with Gasteiger partial charge < -0.3 is 4.74 Å². The van der Waals surface area contributed by atoms with E-state index < -0.39 is 0 Å². The van der Waals surface area contributed by atoms with Gasteiger partial charge in [-0.25, -0.2) is 0 Å². The number of rotatable bonds is 1. The second-order valence-electron chi connectivity index (χ2n) is 1.32. The molecule has 0 aromatic carbocycles. The predicted octanol–water partition coefficient (Wildman–Crippen LogP) is 1.27. The van der Waals surface area contributed by atoms with Gasteiger partial charge in [0, 0.05) is 21.0 Å². The molecule has 0 saturated heterocycles. The monoisotopic (exact) mass is 146 g/mol. The Bertz CT molecular complexity index is 97.9. The van der Waals surface area contributed by atoms with Crippen LogP contribution < -0.4 is 0 Å². The van der Waals surface area contributed by atoms with Crippen molar-refractivity contribution in [1.29, 1.82) is 0 Å². The summed E-state index contributed by atoms with van der Waals surface area (Å²) in [5, 5.41) is 6.72. The Labute approximate surface area is 61.3 Å². The van der Waals surface area contributed by atoms with Crippen molar-refractivity contribution in [3.8, 4) is 0 Å². The molecule has 0 aliphatic carbocycles. The van der Waals surface area contributed by atoms with E-state index in [1.54, 1.807) is 21.0 Å². The van der Waals surface area contributed by atoms with Crippen molar-refractivity contribution >= 4 is 5.97 Å². The Morgan fingerprint density at radius 1 is 1.40 bits per heavy atom. The Balaban J connectivity index is 0. The van der Waals surface area contributed by atoms with Crippen LogP contribution >= 0.6 is 0 Å². The Morgan fingerprint density at radius 2 is 1.80 bits per heavy atom. The van der Waals surface area contributed by atoms with E-state index in [-0.39, 0.29) is 5.97 Å². The summed E-state index contributed by atoms with van der Waals surface area (Å²) in [4.78, 5) is 9.82. The van der Waals surface area contributed by atoms with Crippen molar-refractivity contribution in [2.75, 3.05) is 20.7 Å². The lowest BCUT2D eigenvalue weighted by molar-refractivity contribution is -0.140. The largest absolute Gasteiger partial charge is 0.466 e. The molecule has 4 nitrogen and oxygen atoms in total. The molecule has 0 heterocycles. The van der Waals surface area contributed by atoms with Crippen molar-refractivity contribution in [3.05, 3.63) is 0 Å². The van der Waals surface area contributed by atoms with Crippen LogP contribution in [0.2, 0.25) is 0 Å². The molecule has 0 aliphatic rings. The van der Waals surface area contributed by atoms with Crippen molar-refractivity contribution < 1.29 is 9.53 Å². The quantitative estimate of drug-likeness (QED) is 0.413. The highest BCUT2D eigenvalue weighted by atomic mass is 16.5. The smallest absolute Gasteiger partial charge is 0.302 e. The van der Waals surface area contributed by atoms with Gasteiger partial charge in [0.25, 0.3) is 0 Å². The molecule has 0 fully saturated rings. The van der Waals surface area contributed by atoms with Gasteiger partial charge in [-0.1, -0.05) is 0 Å². The first-order chi connectivity index (χ1) is 4.68. The molecule has 60 valence electrons. The molecule has 0 radical (unpaired) electrons. The average Bonchev–Trinajstić information content (AvgIpc) is 1.89. The molecule has 0 rings (SSSR count). The molecular formula is C6H14N2O2. The topological polar surface area (TPSA) is 51.0 Å². The Hall–Kier alpha value is -0.930. The lowest BCUT2D eigenvalue weighted by Crippen LogP contribution is -1.95. The molecule has 0 amide bonds. The second kappa shape index (κ2) is 10.9. The number of esters is 1. The fourth-order valence-electron chi connectivity index (χ4n) is 0.203. The van der Waals surface area contributed by atoms with E-state index in [9.17, 15) is 4.79 Å². The summed E-state index contributed by atoms with van der Waals surface area (Å²) in [5.41, 5.74) is 0. The van der Waals surface area contributed by atoms with E-state index >= 15 is 0 Å². The van der Waals surface area contributed by atoms with Crippen molar-refractivity contribution in [2.45, 2.75) is 13.8 Å². The lowest BCUT2D eigenvalue weighted by atomic mass is 10.8. The van der Waals surface area contributed by atoms with Crippen molar-refractivity contribution in [1.82, 2.24) is 0 Å². The first kappa shape index (κ1) is 11.8. The van der Waals surface area contributed by atoms with Gasteiger partial charge in [-0.05, 0) is 6.92 Å². The highest BCUT2D eigenvalue weighted by molar-refractivity contribution is 5.65. The minimum absolute atomic E-state index is 0.211. The minimum Gasteiger partial charge on any atom is -0.466 e. The molecule has 0 atom stereocenters. The summed E-state index contributed by atoms with van der Waals surface area (Å²) in [5.74, 6) is -0.211. The minimum atomic E-state index is -0.211. The fraction of sp³-hybridized carbons (Fsp3) is 0.833. The van der Waals surface area contributed by atoms with Crippen LogP contribution in [0, 0.1) is 0 Å². The molecule has 0 aromatic rings. The molecular weight excluding hydrogens is 132 g/mol. The van der Waals surface area contributed by atoms with Gasteiger partial charge in [-0.2, -0.15) is 10.2 Å². The third-order valence-corrected chi connectivity index (χ3v) is 0.548. The van der Waals surface area contributed by atoms with Gasteiger partial charge in [0.05, 0.1) is 6.61 Å². The Kier molecular flexibility index (Phi) is 12.9. The summed E-state index contributed by atoms with van der Waals surface area (Å²) in [6, 6.07) is 0. The number of ether oxygens (including phenoxy) is 1. The van der Waals surface area contributed by atoms with Gasteiger partial charge in [-0.15, -0.1) is 0 Å². The Morgan fingerprint density at radius 3 is 1.80 bits per heavy atom. The highest BCUT2D eigenvalue weighted by Gasteiger charge is 1.81. The van der Waals surface area contributed by atoms with E-state index in [1.807, 2.05) is 0 Å². The lowest BCUT2D eigenvalue weighted by Gasteiger charge is -1.89. The first-order valence-corrected chi connectivity index (χ1v) is 3.00. The first-order valence-electron chi connectivity index (χ1n) is 3.00. The van der Waals surface area contributed by atoms with Crippen LogP contribution in [0.15, 0.2) is 10.2 Å². The normalized spacial score (nSPS) is 8.40. The van der Waals surface area contributed by atoms with Crippen molar-refractivity contribution in [2.24, 2.45) is 10.2 Å². The molecule has 0 saturated carbocycles. The maximum Gasteiger partial charge on any atom is 0.302 e. The van der Waals surface area contributed by atoms with Crippen LogP contribution in [0.1, 0.15) is 13.8 Å². The van der Waals surface area contributed by atoms with Crippen LogP contribution in [0.5, 0.6) is 0 Å². The number of azo groups is 1.